The van der Waals surface area contributed by atoms with Gasteiger partial charge >= 0.3 is 90.4 Å². The van der Waals surface area contributed by atoms with Crippen molar-refractivity contribution >= 4 is 34.0 Å². The number of morpholine rings is 1. The van der Waals surface area contributed by atoms with E-state index in [1.54, 1.807) is 17.7 Å². The van der Waals surface area contributed by atoms with E-state index in [1.165, 1.54) is 6.07 Å². The van der Waals surface area contributed by atoms with Gasteiger partial charge in [-0.2, -0.15) is 0 Å². The molecule has 2 rings (SSSR count). The van der Waals surface area contributed by atoms with Crippen LogP contribution in [-0.4, -0.2) is 65.1 Å². The van der Waals surface area contributed by atoms with Gasteiger partial charge in [0.15, 0.2) is 0 Å². The van der Waals surface area contributed by atoms with Crippen LogP contribution in [0.5, 0.6) is 0 Å². The molecule has 0 amide bonds. The molecule has 1 saturated heterocycles. The molecule has 0 unspecified atom stereocenters. The third-order valence-electron chi connectivity index (χ3n) is 2.18. The van der Waals surface area contributed by atoms with E-state index in [-0.39, 0.29) is 5.56 Å². The Bertz CT molecular complexity index is 453. The molecule has 7 nitrogen and oxygen atoms in total. The molecule has 2 N–H and O–H groups in total. The van der Waals surface area contributed by atoms with Gasteiger partial charge in [0.05, 0.1) is 0 Å². The van der Waals surface area contributed by atoms with E-state index in [0.29, 0.717) is 17.7 Å². The molecule has 1 aliphatic rings. The van der Waals surface area contributed by atoms with Crippen LogP contribution in [0.25, 0.3) is 0 Å². The van der Waals surface area contributed by atoms with E-state index in [9.17, 15) is 4.79 Å². The fourth-order valence-corrected chi connectivity index (χ4v) is 1.52. The zero-order valence-corrected chi connectivity index (χ0v) is 10.5. The number of aromatic nitrogens is 2. The van der Waals surface area contributed by atoms with Gasteiger partial charge in [0, 0.05) is 6.92 Å². The molecule has 0 atom stereocenters. The predicted molar refractivity (Wildman–Crippen MR) is 66.6 cm³/mol. The summed E-state index contributed by atoms with van der Waals surface area (Å²) in [6.07, 6.45) is 0. The number of carboxylic acids is 1. The van der Waals surface area contributed by atoms with Crippen molar-refractivity contribution in [2.75, 3.05) is 31.2 Å². The van der Waals surface area contributed by atoms with Gasteiger partial charge in [0.1, 0.15) is 0 Å². The van der Waals surface area contributed by atoms with Gasteiger partial charge in [-0.05, 0) is 0 Å². The van der Waals surface area contributed by atoms with Gasteiger partial charge in [-0.3, -0.25) is 4.79 Å². The summed E-state index contributed by atoms with van der Waals surface area (Å²) in [7, 11) is 0. The first kappa shape index (κ1) is 14.8. The number of rotatable bonds is 1. The average molecular weight is 247 g/mol. The molecule has 1 fully saturated rings. The van der Waals surface area contributed by atoms with E-state index in [4.69, 9.17) is 14.6 Å². The van der Waals surface area contributed by atoms with Crippen LogP contribution in [0.1, 0.15) is 6.92 Å². The van der Waals surface area contributed by atoms with Crippen LogP contribution in [0.2, 0.25) is 0 Å². The maximum absolute atomic E-state index is 11.2. The number of aliphatic carboxylic acids is 1. The van der Waals surface area contributed by atoms with Gasteiger partial charge in [0.25, 0.3) is 5.97 Å². The number of nitrogens with zero attached hydrogens (tertiary/aromatic N) is 2. The summed E-state index contributed by atoms with van der Waals surface area (Å²) in [5.41, 5.74) is -0.0982. The fraction of sp³-hybridized carbons (Fsp3) is 0.500. The zero-order valence-electron chi connectivity index (χ0n) is 10.5. The van der Waals surface area contributed by atoms with Crippen LogP contribution < -0.4 is 15.0 Å². The summed E-state index contributed by atoms with van der Waals surface area (Å²) in [5.74, 6) is -0.0884. The topological polar surface area (TPSA) is 95.5 Å². The van der Waals surface area contributed by atoms with Gasteiger partial charge in [-0.25, -0.2) is 0 Å². The SMILES string of the molecule is CC(=O)O.[Li][c]1nc(N2CCOCC2)cc(=O)[nH]1. The number of aromatic amines is 1. The van der Waals surface area contributed by atoms with E-state index in [1.807, 2.05) is 0 Å². The van der Waals surface area contributed by atoms with Gasteiger partial charge < -0.3 is 5.11 Å². The van der Waals surface area contributed by atoms with Crippen molar-refractivity contribution in [2.24, 2.45) is 0 Å². The molecule has 1 aromatic heterocycles. The standard InChI is InChI=1S/C8H10N3O2.C2H4O2.Li/c12-8-5-7(9-6-10-8)11-1-3-13-4-2-11;1-2(3)4;/h5H,1-4H2,(H,9,10,12);1H3,(H,3,4);. The molecule has 0 radical (unpaired) electrons. The summed E-state index contributed by atoms with van der Waals surface area (Å²) in [4.78, 5) is 29.2. The minimum absolute atomic E-state index is 0.0982. The van der Waals surface area contributed by atoms with Gasteiger partial charge in [-0.15, -0.1) is 0 Å². The zero-order chi connectivity index (χ0) is 13.5. The first-order valence-electron chi connectivity index (χ1n) is 5.59. The predicted octanol–water partition coefficient (Wildman–Crippen LogP) is -1.51. The Morgan fingerprint density at radius 1 is 1.56 bits per heavy atom. The third-order valence-corrected chi connectivity index (χ3v) is 2.18. The van der Waals surface area contributed by atoms with E-state index < -0.39 is 5.97 Å². The van der Waals surface area contributed by atoms with Crippen LogP contribution in [0, 0.1) is 0 Å². The van der Waals surface area contributed by atoms with Crippen LogP contribution in [-0.2, 0) is 9.53 Å². The molecule has 0 spiro atoms. The second-order valence-corrected chi connectivity index (χ2v) is 3.81. The number of hydrogen-bond acceptors (Lipinski definition) is 5. The monoisotopic (exact) mass is 247 g/mol. The van der Waals surface area contributed by atoms with E-state index in [0.717, 1.165) is 25.8 Å². The minimum atomic E-state index is -0.833. The number of carboxylic acid groups (broad SMARTS) is 1. The first-order chi connectivity index (χ1) is 8.49. The van der Waals surface area contributed by atoms with Crippen LogP contribution in [0.4, 0.5) is 5.82 Å². The van der Waals surface area contributed by atoms with Gasteiger partial charge in [0.2, 0.25) is 0 Å². The number of H-pyrrole nitrogens is 1. The summed E-state index contributed by atoms with van der Waals surface area (Å²) >= 11 is 1.78. The molecule has 2 heterocycles. The molecule has 18 heavy (non-hydrogen) atoms. The van der Waals surface area contributed by atoms with Crippen molar-refractivity contribution in [3.8, 4) is 0 Å². The molecule has 94 valence electrons. The van der Waals surface area contributed by atoms with Crippen molar-refractivity contribution in [1.82, 2.24) is 9.97 Å². The van der Waals surface area contributed by atoms with Crippen LogP contribution in [0.15, 0.2) is 10.9 Å². The van der Waals surface area contributed by atoms with E-state index in [2.05, 4.69) is 14.9 Å². The Morgan fingerprint density at radius 3 is 2.61 bits per heavy atom. The van der Waals surface area contributed by atoms with Crippen molar-refractivity contribution in [1.29, 1.82) is 0 Å². The van der Waals surface area contributed by atoms with Crippen molar-refractivity contribution in [3.05, 3.63) is 16.4 Å². The fourth-order valence-electron chi connectivity index (χ4n) is 1.52. The second-order valence-electron chi connectivity index (χ2n) is 3.81. The first-order valence-corrected chi connectivity index (χ1v) is 5.59. The maximum atomic E-state index is 11.2. The number of carbonyl (C=O) groups is 1. The molecule has 1 aromatic rings. The number of anilines is 1. The Hall–Kier alpha value is -1.29. The number of ether oxygens (including phenoxy) is 1. The molecule has 0 bridgehead atoms. The molecule has 1 aliphatic heterocycles. The Labute approximate surface area is 113 Å². The average Bonchev–Trinajstić information content (AvgIpc) is 2.28. The Kier molecular flexibility index (Phi) is 5.92. The van der Waals surface area contributed by atoms with Crippen molar-refractivity contribution in [3.63, 3.8) is 0 Å². The molecule has 8 heteroatoms. The summed E-state index contributed by atoms with van der Waals surface area (Å²) in [5, 5.41) is 7.42. The van der Waals surface area contributed by atoms with Crippen molar-refractivity contribution < 1.29 is 14.6 Å². The van der Waals surface area contributed by atoms with Gasteiger partial charge in [-0.1, -0.05) is 0 Å². The Balaban J connectivity index is 0.000000357. The summed E-state index contributed by atoms with van der Waals surface area (Å²) in [6.45, 7) is 4.09. The third kappa shape index (κ3) is 5.36. The number of nitrogens with one attached hydrogen (secondary N) is 1. The molecular formula is C10H14LiN3O4. The normalized spacial score (nSPS) is 14.7. The molecular weight excluding hydrogens is 233 g/mol. The van der Waals surface area contributed by atoms with Crippen molar-refractivity contribution in [2.45, 2.75) is 6.92 Å². The molecule has 0 aliphatic carbocycles. The van der Waals surface area contributed by atoms with Crippen LogP contribution in [0.3, 0.4) is 0 Å². The summed E-state index contributed by atoms with van der Waals surface area (Å²) in [6, 6.07) is 1.53. The molecule has 0 aromatic carbocycles. The molecule has 0 saturated carbocycles. The Morgan fingerprint density at radius 2 is 2.11 bits per heavy atom. The van der Waals surface area contributed by atoms with E-state index >= 15 is 0 Å². The quantitative estimate of drug-likeness (QED) is 0.586. The summed E-state index contributed by atoms with van der Waals surface area (Å²) < 4.78 is 5.88. The number of hydrogen-bond donors (Lipinski definition) is 2. The van der Waals surface area contributed by atoms with Crippen LogP contribution >= 0.6 is 0 Å². The second kappa shape index (κ2) is 7.21.